The van der Waals surface area contributed by atoms with E-state index >= 15 is 0 Å². The summed E-state index contributed by atoms with van der Waals surface area (Å²) in [6.45, 7) is 3.37. The van der Waals surface area contributed by atoms with Crippen molar-refractivity contribution in [2.75, 3.05) is 11.9 Å². The normalized spacial score (nSPS) is 11.5. The number of amides is 1. The Labute approximate surface area is 156 Å². The number of halogens is 1. The lowest BCUT2D eigenvalue weighted by molar-refractivity contribution is 0.102. The van der Waals surface area contributed by atoms with Gasteiger partial charge in [0, 0.05) is 36.3 Å². The number of sulfonamides is 1. The number of aryl methyl sites for hydroxylation is 1. The van der Waals surface area contributed by atoms with Crippen LogP contribution in [0, 0.1) is 5.82 Å². The third-order valence-electron chi connectivity index (χ3n) is 4.08. The fourth-order valence-corrected chi connectivity index (χ4v) is 3.80. The van der Waals surface area contributed by atoms with Crippen LogP contribution >= 0.6 is 0 Å². The zero-order valence-electron chi connectivity index (χ0n) is 14.6. The summed E-state index contributed by atoms with van der Waals surface area (Å²) in [4.78, 5) is 12.0. The number of rotatable bonds is 6. The van der Waals surface area contributed by atoms with Crippen LogP contribution in [0.5, 0.6) is 0 Å². The van der Waals surface area contributed by atoms with Crippen LogP contribution in [-0.2, 0) is 17.1 Å². The second-order valence-corrected chi connectivity index (χ2v) is 7.64. The molecular weight excluding hydrogens is 369 g/mol. The number of carbonyl (C=O) groups is 1. The van der Waals surface area contributed by atoms with Crippen molar-refractivity contribution in [3.63, 3.8) is 0 Å². The first-order valence-corrected chi connectivity index (χ1v) is 9.57. The average molecular weight is 387 g/mol. The lowest BCUT2D eigenvalue weighted by Crippen LogP contribution is -2.25. The molecule has 8 heteroatoms. The molecule has 6 nitrogen and oxygen atoms in total. The Hall–Kier alpha value is -2.97. The van der Waals surface area contributed by atoms with Gasteiger partial charge in [-0.15, -0.1) is 6.58 Å². The van der Waals surface area contributed by atoms with Crippen LogP contribution in [0.2, 0.25) is 0 Å². The SMILES string of the molecule is C=CCNS(=O)(=O)c1cc(C(=O)Nc2cccc3c2ccn3C)ccc1F. The van der Waals surface area contributed by atoms with E-state index in [2.05, 4.69) is 16.6 Å². The number of carbonyl (C=O) groups excluding carboxylic acids is 1. The molecule has 2 aromatic carbocycles. The smallest absolute Gasteiger partial charge is 0.255 e. The minimum Gasteiger partial charge on any atom is -0.350 e. The quantitative estimate of drug-likeness (QED) is 0.638. The Bertz CT molecular complexity index is 1140. The molecule has 0 radical (unpaired) electrons. The van der Waals surface area contributed by atoms with Gasteiger partial charge in [-0.1, -0.05) is 12.1 Å². The second-order valence-electron chi connectivity index (χ2n) is 5.90. The lowest BCUT2D eigenvalue weighted by Gasteiger charge is -2.10. The van der Waals surface area contributed by atoms with Crippen molar-refractivity contribution in [1.82, 2.24) is 9.29 Å². The van der Waals surface area contributed by atoms with E-state index in [0.717, 1.165) is 23.0 Å². The van der Waals surface area contributed by atoms with Crippen molar-refractivity contribution in [3.8, 4) is 0 Å². The largest absolute Gasteiger partial charge is 0.350 e. The van der Waals surface area contributed by atoms with Gasteiger partial charge in [0.1, 0.15) is 10.7 Å². The van der Waals surface area contributed by atoms with Crippen molar-refractivity contribution in [2.24, 2.45) is 7.05 Å². The summed E-state index contributed by atoms with van der Waals surface area (Å²) in [5, 5.41) is 3.59. The molecule has 140 valence electrons. The number of aromatic nitrogens is 1. The van der Waals surface area contributed by atoms with E-state index in [1.807, 2.05) is 29.9 Å². The first-order valence-electron chi connectivity index (χ1n) is 8.09. The van der Waals surface area contributed by atoms with Crippen molar-refractivity contribution in [1.29, 1.82) is 0 Å². The summed E-state index contributed by atoms with van der Waals surface area (Å²) in [6, 6.07) is 10.5. The van der Waals surface area contributed by atoms with Crippen LogP contribution in [0.4, 0.5) is 10.1 Å². The molecule has 0 aliphatic rings. The Balaban J connectivity index is 1.93. The van der Waals surface area contributed by atoms with Gasteiger partial charge in [0.05, 0.1) is 5.69 Å². The molecule has 27 heavy (non-hydrogen) atoms. The van der Waals surface area contributed by atoms with Crippen LogP contribution in [-0.4, -0.2) is 25.4 Å². The topological polar surface area (TPSA) is 80.2 Å². The van der Waals surface area contributed by atoms with E-state index < -0.39 is 26.6 Å². The number of fused-ring (bicyclic) bond motifs is 1. The average Bonchev–Trinajstić information content (AvgIpc) is 3.02. The zero-order chi connectivity index (χ0) is 19.6. The Morgan fingerprint density at radius 3 is 2.78 bits per heavy atom. The third kappa shape index (κ3) is 3.76. The molecule has 0 bridgehead atoms. The van der Waals surface area contributed by atoms with E-state index in [-0.39, 0.29) is 12.1 Å². The molecule has 0 atom stereocenters. The van der Waals surface area contributed by atoms with Crippen LogP contribution in [0.3, 0.4) is 0 Å². The number of hydrogen-bond acceptors (Lipinski definition) is 3. The third-order valence-corrected chi connectivity index (χ3v) is 5.52. The fourth-order valence-electron chi connectivity index (χ4n) is 2.70. The summed E-state index contributed by atoms with van der Waals surface area (Å²) in [5.74, 6) is -1.47. The Morgan fingerprint density at radius 1 is 1.26 bits per heavy atom. The van der Waals surface area contributed by atoms with Gasteiger partial charge in [-0.05, 0) is 36.4 Å². The van der Waals surface area contributed by atoms with Crippen molar-refractivity contribution in [3.05, 3.63) is 72.7 Å². The van der Waals surface area contributed by atoms with Gasteiger partial charge in [0.2, 0.25) is 10.0 Å². The van der Waals surface area contributed by atoms with Crippen LogP contribution in [0.1, 0.15) is 10.4 Å². The molecule has 3 rings (SSSR count). The van der Waals surface area contributed by atoms with E-state index in [4.69, 9.17) is 0 Å². The van der Waals surface area contributed by atoms with Gasteiger partial charge >= 0.3 is 0 Å². The van der Waals surface area contributed by atoms with Gasteiger partial charge in [-0.2, -0.15) is 0 Å². The van der Waals surface area contributed by atoms with Gasteiger partial charge in [0.15, 0.2) is 0 Å². The standard InChI is InChI=1S/C19H18FN3O3S/c1-3-10-21-27(25,26)18-12-13(7-8-15(18)20)19(24)22-16-5-4-6-17-14(16)9-11-23(17)2/h3-9,11-12,21H,1,10H2,2H3,(H,22,24). The maximum atomic E-state index is 14.0. The predicted octanol–water partition coefficient (Wildman–Crippen LogP) is 3.03. The minimum absolute atomic E-state index is 0.0308. The van der Waals surface area contributed by atoms with E-state index in [9.17, 15) is 17.6 Å². The molecule has 0 aliphatic heterocycles. The highest BCUT2D eigenvalue weighted by Crippen LogP contribution is 2.25. The highest BCUT2D eigenvalue weighted by molar-refractivity contribution is 7.89. The highest BCUT2D eigenvalue weighted by Gasteiger charge is 2.21. The second kappa shape index (κ2) is 7.34. The first-order chi connectivity index (χ1) is 12.8. The molecule has 2 N–H and O–H groups in total. The van der Waals surface area contributed by atoms with Crippen molar-refractivity contribution < 1.29 is 17.6 Å². The lowest BCUT2D eigenvalue weighted by atomic mass is 10.1. The van der Waals surface area contributed by atoms with E-state index in [1.165, 1.54) is 12.1 Å². The maximum Gasteiger partial charge on any atom is 0.255 e. The Kier molecular flexibility index (Phi) is 5.11. The zero-order valence-corrected chi connectivity index (χ0v) is 15.4. The monoisotopic (exact) mass is 387 g/mol. The molecule has 0 fully saturated rings. The minimum atomic E-state index is -4.09. The summed E-state index contributed by atoms with van der Waals surface area (Å²) in [5.41, 5.74) is 1.55. The molecule has 0 saturated carbocycles. The summed E-state index contributed by atoms with van der Waals surface area (Å²) < 4.78 is 42.5. The van der Waals surface area contributed by atoms with Gasteiger partial charge < -0.3 is 9.88 Å². The van der Waals surface area contributed by atoms with Crippen LogP contribution in [0.25, 0.3) is 10.9 Å². The highest BCUT2D eigenvalue weighted by atomic mass is 32.2. The fraction of sp³-hybridized carbons (Fsp3) is 0.105. The number of anilines is 1. The molecule has 0 aliphatic carbocycles. The van der Waals surface area contributed by atoms with E-state index in [1.54, 1.807) is 12.1 Å². The molecular formula is C19H18FN3O3S. The number of nitrogens with one attached hydrogen (secondary N) is 2. The van der Waals surface area contributed by atoms with Crippen LogP contribution in [0.15, 0.2) is 66.2 Å². The van der Waals surface area contributed by atoms with Gasteiger partial charge in [0.25, 0.3) is 5.91 Å². The molecule has 3 aromatic rings. The van der Waals surface area contributed by atoms with Crippen LogP contribution < -0.4 is 10.0 Å². The molecule has 0 saturated heterocycles. The molecule has 1 heterocycles. The number of hydrogen-bond donors (Lipinski definition) is 2. The summed E-state index contributed by atoms with van der Waals surface area (Å²) >= 11 is 0. The van der Waals surface area contributed by atoms with Gasteiger partial charge in [-0.3, -0.25) is 4.79 Å². The van der Waals surface area contributed by atoms with Crippen molar-refractivity contribution in [2.45, 2.75) is 4.90 Å². The number of nitrogens with zero attached hydrogens (tertiary/aromatic N) is 1. The maximum absolute atomic E-state index is 14.0. The van der Waals surface area contributed by atoms with Gasteiger partial charge in [-0.25, -0.2) is 17.5 Å². The molecule has 0 unspecified atom stereocenters. The summed E-state index contributed by atoms with van der Waals surface area (Å²) in [7, 11) is -2.20. The predicted molar refractivity (Wildman–Crippen MR) is 103 cm³/mol. The molecule has 1 amide bonds. The summed E-state index contributed by atoms with van der Waals surface area (Å²) in [6.07, 6.45) is 3.21. The molecule has 0 spiro atoms. The number of benzene rings is 2. The van der Waals surface area contributed by atoms with E-state index in [0.29, 0.717) is 5.69 Å². The van der Waals surface area contributed by atoms with Crippen molar-refractivity contribution >= 4 is 32.5 Å². The first kappa shape index (κ1) is 18.8. The molecule has 1 aromatic heterocycles. The Morgan fingerprint density at radius 2 is 2.04 bits per heavy atom.